The van der Waals surface area contributed by atoms with E-state index in [9.17, 15) is 26.4 Å². The van der Waals surface area contributed by atoms with Crippen LogP contribution in [0.2, 0.25) is 0 Å². The minimum absolute atomic E-state index is 0.0268. The highest BCUT2D eigenvalue weighted by molar-refractivity contribution is 7.89. The van der Waals surface area contributed by atoms with Gasteiger partial charge in [0.05, 0.1) is 11.7 Å². The van der Waals surface area contributed by atoms with E-state index in [0.29, 0.717) is 18.9 Å². The Hall–Kier alpha value is -2.83. The first-order chi connectivity index (χ1) is 14.8. The van der Waals surface area contributed by atoms with E-state index in [2.05, 4.69) is 15.5 Å². The van der Waals surface area contributed by atoms with Crippen LogP contribution in [0.25, 0.3) is 0 Å². The van der Waals surface area contributed by atoms with Crippen molar-refractivity contribution in [2.75, 3.05) is 11.9 Å². The normalized spacial score (nSPS) is 17.1. The molecule has 7 nitrogen and oxygen atoms in total. The molecule has 3 aromatic rings. The molecule has 0 radical (unpaired) electrons. The van der Waals surface area contributed by atoms with Crippen molar-refractivity contribution in [3.8, 4) is 0 Å². The standard InChI is InChI=1S/C19H15F3N4O3S2/c20-11-7-8-16(13(22)10-11)31(28,29)26-9-3-6-15(26)18-24-25-19(30-18)17(27)23-14-5-2-1-4-12(14)21/h1-2,4-5,7-8,10,15H,3,6,9H2,(H,23,27). The molecule has 1 aromatic heterocycles. The third-order valence-electron chi connectivity index (χ3n) is 4.73. The van der Waals surface area contributed by atoms with Gasteiger partial charge in [0.25, 0.3) is 5.91 Å². The smallest absolute Gasteiger partial charge is 0.286 e. The molecule has 31 heavy (non-hydrogen) atoms. The Balaban J connectivity index is 1.58. The van der Waals surface area contributed by atoms with Crippen LogP contribution in [0.1, 0.15) is 33.7 Å². The van der Waals surface area contributed by atoms with Crippen molar-refractivity contribution in [2.45, 2.75) is 23.8 Å². The number of carbonyl (C=O) groups is 1. The molecular weight excluding hydrogens is 453 g/mol. The summed E-state index contributed by atoms with van der Waals surface area (Å²) in [7, 11) is -4.27. The molecule has 4 rings (SSSR count). The Morgan fingerprint density at radius 2 is 1.87 bits per heavy atom. The van der Waals surface area contributed by atoms with E-state index in [-0.39, 0.29) is 22.2 Å². The number of anilines is 1. The number of sulfonamides is 1. The monoisotopic (exact) mass is 468 g/mol. The molecule has 1 aliphatic heterocycles. The van der Waals surface area contributed by atoms with Crippen LogP contribution in [0.4, 0.5) is 18.9 Å². The third-order valence-corrected chi connectivity index (χ3v) is 7.69. The maximum absolute atomic E-state index is 14.1. The topological polar surface area (TPSA) is 92.3 Å². The van der Waals surface area contributed by atoms with Gasteiger partial charge in [-0.25, -0.2) is 21.6 Å². The summed E-state index contributed by atoms with van der Waals surface area (Å²) in [6.45, 7) is 0.111. The third kappa shape index (κ3) is 4.18. The van der Waals surface area contributed by atoms with Crippen molar-refractivity contribution in [1.29, 1.82) is 0 Å². The molecule has 0 bridgehead atoms. The van der Waals surface area contributed by atoms with Crippen LogP contribution in [0.15, 0.2) is 47.4 Å². The van der Waals surface area contributed by atoms with E-state index in [1.807, 2.05) is 0 Å². The second-order valence-corrected chi connectivity index (χ2v) is 9.60. The fraction of sp³-hybridized carbons (Fsp3) is 0.211. The zero-order valence-electron chi connectivity index (χ0n) is 15.8. The summed E-state index contributed by atoms with van der Waals surface area (Å²) in [5.74, 6) is -3.38. The molecular formula is C19H15F3N4O3S2. The molecule has 2 heterocycles. The second kappa shape index (κ2) is 8.36. The fourth-order valence-corrected chi connectivity index (χ4v) is 5.95. The molecule has 1 unspecified atom stereocenters. The Morgan fingerprint density at radius 1 is 1.10 bits per heavy atom. The van der Waals surface area contributed by atoms with Crippen molar-refractivity contribution < 1.29 is 26.4 Å². The lowest BCUT2D eigenvalue weighted by Gasteiger charge is -2.22. The van der Waals surface area contributed by atoms with Gasteiger partial charge in [0, 0.05) is 12.6 Å². The van der Waals surface area contributed by atoms with Gasteiger partial charge in [-0.15, -0.1) is 10.2 Å². The van der Waals surface area contributed by atoms with Crippen molar-refractivity contribution in [3.63, 3.8) is 0 Å². The lowest BCUT2D eigenvalue weighted by atomic mass is 10.2. The van der Waals surface area contributed by atoms with E-state index in [0.717, 1.165) is 27.8 Å². The first-order valence-electron chi connectivity index (χ1n) is 9.13. The highest BCUT2D eigenvalue weighted by Gasteiger charge is 2.39. The first-order valence-corrected chi connectivity index (χ1v) is 11.4. The molecule has 1 saturated heterocycles. The van der Waals surface area contributed by atoms with Crippen molar-refractivity contribution in [3.05, 3.63) is 69.9 Å². The van der Waals surface area contributed by atoms with E-state index in [1.54, 1.807) is 6.07 Å². The molecule has 0 saturated carbocycles. The van der Waals surface area contributed by atoms with Gasteiger partial charge >= 0.3 is 0 Å². The lowest BCUT2D eigenvalue weighted by molar-refractivity contribution is 0.102. The Bertz CT molecular complexity index is 1250. The van der Waals surface area contributed by atoms with Crippen molar-refractivity contribution in [1.82, 2.24) is 14.5 Å². The number of carbonyl (C=O) groups excluding carboxylic acids is 1. The van der Waals surface area contributed by atoms with Crippen molar-refractivity contribution in [2.24, 2.45) is 0 Å². The van der Waals surface area contributed by atoms with E-state index >= 15 is 0 Å². The summed E-state index contributed by atoms with van der Waals surface area (Å²) in [5, 5.41) is 10.3. The number of halogens is 3. The summed E-state index contributed by atoms with van der Waals surface area (Å²) in [6.07, 6.45) is 0.884. The number of amides is 1. The molecule has 162 valence electrons. The molecule has 0 spiro atoms. The van der Waals surface area contributed by atoms with Gasteiger partial charge in [-0.3, -0.25) is 4.79 Å². The molecule has 1 atom stereocenters. The predicted molar refractivity (Wildman–Crippen MR) is 106 cm³/mol. The maximum Gasteiger partial charge on any atom is 0.286 e. The molecule has 2 aromatic carbocycles. The van der Waals surface area contributed by atoms with Gasteiger partial charge in [0.1, 0.15) is 27.4 Å². The highest BCUT2D eigenvalue weighted by Crippen LogP contribution is 2.38. The molecule has 1 amide bonds. The molecule has 12 heteroatoms. The van der Waals surface area contributed by atoms with Crippen LogP contribution in [0.5, 0.6) is 0 Å². The molecule has 1 fully saturated rings. The molecule has 1 N–H and O–H groups in total. The quantitative estimate of drug-likeness (QED) is 0.616. The van der Waals surface area contributed by atoms with Gasteiger partial charge in [0.2, 0.25) is 15.0 Å². The number of nitrogens with one attached hydrogen (secondary N) is 1. The number of rotatable bonds is 5. The van der Waals surface area contributed by atoms with Crippen LogP contribution in [-0.4, -0.2) is 35.4 Å². The average Bonchev–Trinajstić information content (AvgIpc) is 3.39. The Morgan fingerprint density at radius 3 is 2.61 bits per heavy atom. The highest BCUT2D eigenvalue weighted by atomic mass is 32.2. The first kappa shape index (κ1) is 21.4. The number of aromatic nitrogens is 2. The predicted octanol–water partition coefficient (Wildman–Crippen LogP) is 3.73. The zero-order chi connectivity index (χ0) is 22.2. The summed E-state index contributed by atoms with van der Waals surface area (Å²) in [4.78, 5) is 11.7. The number of para-hydroxylation sites is 1. The fourth-order valence-electron chi connectivity index (χ4n) is 3.28. The van der Waals surface area contributed by atoms with Gasteiger partial charge in [-0.2, -0.15) is 4.31 Å². The second-order valence-electron chi connectivity index (χ2n) is 6.73. The summed E-state index contributed by atoms with van der Waals surface area (Å²) < 4.78 is 68.1. The Labute approximate surface area is 179 Å². The minimum atomic E-state index is -4.27. The largest absolute Gasteiger partial charge is 0.317 e. The number of benzene rings is 2. The Kier molecular flexibility index (Phi) is 5.77. The summed E-state index contributed by atoms with van der Waals surface area (Å²) >= 11 is 0.868. The average molecular weight is 468 g/mol. The number of hydrogen-bond acceptors (Lipinski definition) is 6. The minimum Gasteiger partial charge on any atom is -0.317 e. The van der Waals surface area contributed by atoms with Crippen LogP contribution in [0.3, 0.4) is 0 Å². The van der Waals surface area contributed by atoms with Crippen LogP contribution in [0, 0.1) is 17.5 Å². The zero-order valence-corrected chi connectivity index (χ0v) is 17.4. The SMILES string of the molecule is O=C(Nc1ccccc1F)c1nnc(C2CCCN2S(=O)(=O)c2ccc(F)cc2F)s1. The van der Waals surface area contributed by atoms with Gasteiger partial charge in [-0.05, 0) is 37.1 Å². The summed E-state index contributed by atoms with van der Waals surface area (Å²) in [5.41, 5.74) is -0.0268. The lowest BCUT2D eigenvalue weighted by Crippen LogP contribution is -2.31. The van der Waals surface area contributed by atoms with Crippen LogP contribution < -0.4 is 5.32 Å². The van der Waals surface area contributed by atoms with E-state index in [1.165, 1.54) is 18.2 Å². The number of nitrogens with zero attached hydrogens (tertiary/aromatic N) is 3. The van der Waals surface area contributed by atoms with Gasteiger partial charge in [-0.1, -0.05) is 23.5 Å². The van der Waals surface area contributed by atoms with Gasteiger partial charge < -0.3 is 5.32 Å². The maximum atomic E-state index is 14.1. The molecule has 0 aliphatic carbocycles. The van der Waals surface area contributed by atoms with E-state index in [4.69, 9.17) is 0 Å². The van der Waals surface area contributed by atoms with Crippen LogP contribution in [-0.2, 0) is 10.0 Å². The molecule has 1 aliphatic rings. The van der Waals surface area contributed by atoms with Crippen LogP contribution >= 0.6 is 11.3 Å². The summed E-state index contributed by atoms with van der Waals surface area (Å²) in [6, 6.07) is 7.12. The number of hydrogen-bond donors (Lipinski definition) is 1. The van der Waals surface area contributed by atoms with Gasteiger partial charge in [0.15, 0.2) is 0 Å². The van der Waals surface area contributed by atoms with E-state index < -0.39 is 44.3 Å². The van der Waals surface area contributed by atoms with Crippen molar-refractivity contribution >= 4 is 33.0 Å².